The van der Waals surface area contributed by atoms with E-state index in [0.717, 1.165) is 17.1 Å². The van der Waals surface area contributed by atoms with E-state index in [1.807, 2.05) is 14.0 Å². The molecule has 0 amide bonds. The van der Waals surface area contributed by atoms with Gasteiger partial charge in [-0.05, 0) is 13.8 Å². The third-order valence-electron chi connectivity index (χ3n) is 1.89. The van der Waals surface area contributed by atoms with Gasteiger partial charge in [-0.2, -0.15) is 5.90 Å². The van der Waals surface area contributed by atoms with Crippen LogP contribution < -0.4 is 11.2 Å². The number of rotatable bonds is 3. The minimum absolute atomic E-state index is 0.605. The molecule has 0 unspecified atom stereocenters. The lowest BCUT2D eigenvalue weighted by Crippen LogP contribution is -2.01. The van der Waals surface area contributed by atoms with Gasteiger partial charge in [0.25, 0.3) is 0 Å². The quantitative estimate of drug-likeness (QED) is 0.556. The molecule has 0 aliphatic heterocycles. The summed E-state index contributed by atoms with van der Waals surface area (Å²) < 4.78 is 0. The average Bonchev–Trinajstić information content (AvgIpc) is 2.21. The number of anilines is 1. The molecule has 0 aliphatic carbocycles. The summed E-state index contributed by atoms with van der Waals surface area (Å²) in [4.78, 5) is 12.7. The number of nitrogens with two attached hydrogens (primary N) is 1. The van der Waals surface area contributed by atoms with E-state index in [2.05, 4.69) is 20.1 Å². The maximum atomic E-state index is 5.01. The molecule has 1 aromatic rings. The Kier molecular flexibility index (Phi) is 3.41. The summed E-state index contributed by atoms with van der Waals surface area (Å²) in [7, 11) is 1.81. The highest BCUT2D eigenvalue weighted by atomic mass is 16.6. The van der Waals surface area contributed by atoms with Crippen LogP contribution in [-0.4, -0.2) is 17.0 Å². The van der Waals surface area contributed by atoms with Crippen LogP contribution in [0, 0.1) is 6.92 Å². The van der Waals surface area contributed by atoms with E-state index in [1.54, 1.807) is 13.0 Å². The fraction of sp³-hybridized carbons (Fsp3) is 0.333. The van der Waals surface area contributed by atoms with Crippen molar-refractivity contribution in [2.75, 3.05) is 12.4 Å². The third-order valence-corrected chi connectivity index (χ3v) is 1.89. The van der Waals surface area contributed by atoms with Crippen LogP contribution in [0.1, 0.15) is 18.2 Å². The fourth-order valence-electron chi connectivity index (χ4n) is 1.09. The summed E-state index contributed by atoms with van der Waals surface area (Å²) in [5.41, 5.74) is 1.76. The van der Waals surface area contributed by atoms with Crippen LogP contribution in [0.4, 0.5) is 5.82 Å². The SMILES string of the molecule is CNc1ncnc(/C=C(\C)ON)c1C. The van der Waals surface area contributed by atoms with Gasteiger partial charge in [0.1, 0.15) is 17.9 Å². The average molecular weight is 194 g/mol. The molecule has 5 nitrogen and oxygen atoms in total. The molecule has 1 heterocycles. The number of nitrogens with zero attached hydrogens (tertiary/aromatic N) is 2. The number of allylic oxidation sites excluding steroid dienone is 1. The smallest absolute Gasteiger partial charge is 0.132 e. The van der Waals surface area contributed by atoms with Crippen molar-refractivity contribution in [3.8, 4) is 0 Å². The summed E-state index contributed by atoms with van der Waals surface area (Å²) >= 11 is 0. The van der Waals surface area contributed by atoms with Crippen molar-refractivity contribution in [1.82, 2.24) is 9.97 Å². The van der Waals surface area contributed by atoms with Crippen molar-refractivity contribution in [2.24, 2.45) is 5.90 Å². The molecule has 5 heteroatoms. The van der Waals surface area contributed by atoms with Gasteiger partial charge < -0.3 is 10.2 Å². The monoisotopic (exact) mass is 194 g/mol. The lowest BCUT2D eigenvalue weighted by atomic mass is 10.2. The van der Waals surface area contributed by atoms with Crippen molar-refractivity contribution in [3.05, 3.63) is 23.3 Å². The van der Waals surface area contributed by atoms with Gasteiger partial charge in [-0.3, -0.25) is 0 Å². The van der Waals surface area contributed by atoms with Crippen molar-refractivity contribution in [3.63, 3.8) is 0 Å². The number of aromatic nitrogens is 2. The molecule has 0 bridgehead atoms. The maximum Gasteiger partial charge on any atom is 0.132 e. The van der Waals surface area contributed by atoms with Gasteiger partial charge in [-0.15, -0.1) is 0 Å². The van der Waals surface area contributed by atoms with Crippen LogP contribution in [-0.2, 0) is 4.84 Å². The Hall–Kier alpha value is -1.62. The fourth-order valence-corrected chi connectivity index (χ4v) is 1.09. The molecule has 14 heavy (non-hydrogen) atoms. The van der Waals surface area contributed by atoms with Gasteiger partial charge in [0.05, 0.1) is 5.69 Å². The molecule has 0 spiro atoms. The molecule has 0 aromatic carbocycles. The summed E-state index contributed by atoms with van der Waals surface area (Å²) in [5.74, 6) is 6.42. The first-order chi connectivity index (χ1) is 6.69. The molecular formula is C9H14N4O. The molecule has 1 rings (SSSR count). The summed E-state index contributed by atoms with van der Waals surface area (Å²) in [6, 6.07) is 0. The van der Waals surface area contributed by atoms with Gasteiger partial charge in [0, 0.05) is 18.7 Å². The van der Waals surface area contributed by atoms with Crippen LogP contribution in [0.2, 0.25) is 0 Å². The van der Waals surface area contributed by atoms with E-state index >= 15 is 0 Å². The molecule has 76 valence electrons. The van der Waals surface area contributed by atoms with E-state index in [4.69, 9.17) is 5.90 Å². The first kappa shape index (κ1) is 10.5. The van der Waals surface area contributed by atoms with E-state index < -0.39 is 0 Å². The van der Waals surface area contributed by atoms with Crippen LogP contribution in [0.15, 0.2) is 12.1 Å². The molecule has 0 radical (unpaired) electrons. The van der Waals surface area contributed by atoms with E-state index in [0.29, 0.717) is 5.76 Å². The molecule has 0 aliphatic rings. The zero-order valence-corrected chi connectivity index (χ0v) is 8.53. The topological polar surface area (TPSA) is 73.1 Å². The minimum atomic E-state index is 0.605. The highest BCUT2D eigenvalue weighted by Crippen LogP contribution is 2.15. The molecule has 0 atom stereocenters. The van der Waals surface area contributed by atoms with Gasteiger partial charge in [-0.1, -0.05) is 0 Å². The normalized spacial score (nSPS) is 11.3. The molecule has 0 fully saturated rings. The zero-order valence-electron chi connectivity index (χ0n) is 8.53. The molecular weight excluding hydrogens is 180 g/mol. The number of hydrogen-bond acceptors (Lipinski definition) is 5. The summed E-state index contributed by atoms with van der Waals surface area (Å²) in [6.07, 6.45) is 3.26. The number of nitrogens with one attached hydrogen (secondary N) is 1. The van der Waals surface area contributed by atoms with Crippen molar-refractivity contribution >= 4 is 11.9 Å². The Balaban J connectivity index is 3.10. The standard InChI is InChI=1S/C9H14N4O/c1-6(14-10)4-8-7(2)9(11-3)13-5-12-8/h4-5H,10H2,1-3H3,(H,11,12,13)/b6-4+. The molecule has 3 N–H and O–H groups in total. The zero-order chi connectivity index (χ0) is 10.6. The van der Waals surface area contributed by atoms with Crippen LogP contribution in [0.3, 0.4) is 0 Å². The molecule has 1 aromatic heterocycles. The number of hydrogen-bond donors (Lipinski definition) is 2. The Morgan fingerprint density at radius 2 is 2.29 bits per heavy atom. The summed E-state index contributed by atoms with van der Waals surface area (Å²) in [5, 5.41) is 2.97. The van der Waals surface area contributed by atoms with E-state index in [-0.39, 0.29) is 0 Å². The van der Waals surface area contributed by atoms with Crippen molar-refractivity contribution < 1.29 is 4.84 Å². The van der Waals surface area contributed by atoms with E-state index in [9.17, 15) is 0 Å². The van der Waals surface area contributed by atoms with Crippen LogP contribution >= 0.6 is 0 Å². The second-order valence-electron chi connectivity index (χ2n) is 2.86. The van der Waals surface area contributed by atoms with Crippen LogP contribution in [0.5, 0.6) is 0 Å². The molecule has 0 saturated carbocycles. The van der Waals surface area contributed by atoms with Gasteiger partial charge in [-0.25, -0.2) is 9.97 Å². The second-order valence-corrected chi connectivity index (χ2v) is 2.86. The first-order valence-corrected chi connectivity index (χ1v) is 4.23. The summed E-state index contributed by atoms with van der Waals surface area (Å²) in [6.45, 7) is 3.70. The predicted molar refractivity (Wildman–Crippen MR) is 55.2 cm³/mol. The maximum absolute atomic E-state index is 5.01. The Labute approximate surface area is 83.0 Å². The Morgan fingerprint density at radius 1 is 1.57 bits per heavy atom. The van der Waals surface area contributed by atoms with Crippen LogP contribution in [0.25, 0.3) is 6.08 Å². The molecule has 0 saturated heterocycles. The Morgan fingerprint density at radius 3 is 2.86 bits per heavy atom. The van der Waals surface area contributed by atoms with E-state index in [1.165, 1.54) is 6.33 Å². The van der Waals surface area contributed by atoms with Gasteiger partial charge in [0.15, 0.2) is 0 Å². The first-order valence-electron chi connectivity index (χ1n) is 4.23. The predicted octanol–water partition coefficient (Wildman–Crippen LogP) is 1.08. The minimum Gasteiger partial charge on any atom is -0.416 e. The third kappa shape index (κ3) is 2.20. The Bertz CT molecular complexity index is 349. The van der Waals surface area contributed by atoms with Crippen molar-refractivity contribution in [2.45, 2.75) is 13.8 Å². The lowest BCUT2D eigenvalue weighted by Gasteiger charge is -2.06. The highest BCUT2D eigenvalue weighted by molar-refractivity contribution is 5.57. The highest BCUT2D eigenvalue weighted by Gasteiger charge is 2.03. The van der Waals surface area contributed by atoms with Crippen molar-refractivity contribution in [1.29, 1.82) is 0 Å². The lowest BCUT2D eigenvalue weighted by molar-refractivity contribution is 0.226. The second kappa shape index (κ2) is 4.57. The largest absolute Gasteiger partial charge is 0.416 e. The van der Waals surface area contributed by atoms with Gasteiger partial charge >= 0.3 is 0 Å². The van der Waals surface area contributed by atoms with Gasteiger partial charge in [0.2, 0.25) is 0 Å².